The second kappa shape index (κ2) is 8.47. The van der Waals surface area contributed by atoms with E-state index in [4.69, 9.17) is 4.98 Å². The first kappa shape index (κ1) is 16.4. The Balaban J connectivity index is 1.85. The number of nitrogens with zero attached hydrogens (tertiary/aromatic N) is 3. The number of nitrogens with one attached hydrogen (secondary N) is 1. The monoisotopic (exact) mass is 290 g/mol. The van der Waals surface area contributed by atoms with Crippen molar-refractivity contribution >= 4 is 0 Å². The molecule has 0 atom stereocenters. The van der Waals surface area contributed by atoms with Gasteiger partial charge in [0.25, 0.3) is 0 Å². The number of pyridine rings is 1. The Morgan fingerprint density at radius 1 is 1.29 bits per heavy atom. The number of piperidine rings is 1. The molecule has 0 aromatic carbocycles. The molecule has 21 heavy (non-hydrogen) atoms. The lowest BCUT2D eigenvalue weighted by Crippen LogP contribution is -2.41. The van der Waals surface area contributed by atoms with E-state index in [0.29, 0.717) is 6.04 Å². The quantitative estimate of drug-likeness (QED) is 0.779. The number of hydrogen-bond donors (Lipinski definition) is 1. The summed E-state index contributed by atoms with van der Waals surface area (Å²) in [6.45, 7) is 7.50. The van der Waals surface area contributed by atoms with Crippen molar-refractivity contribution in [1.82, 2.24) is 20.1 Å². The second-order valence-corrected chi connectivity index (χ2v) is 6.25. The van der Waals surface area contributed by atoms with Crippen LogP contribution in [0.1, 0.15) is 37.6 Å². The van der Waals surface area contributed by atoms with Crippen LogP contribution >= 0.6 is 0 Å². The molecule has 0 unspecified atom stereocenters. The highest BCUT2D eigenvalue weighted by atomic mass is 15.2. The molecule has 2 heterocycles. The lowest BCUT2D eigenvalue weighted by atomic mass is 10.0. The maximum atomic E-state index is 4.78. The summed E-state index contributed by atoms with van der Waals surface area (Å²) >= 11 is 0. The fourth-order valence-corrected chi connectivity index (χ4v) is 2.93. The van der Waals surface area contributed by atoms with E-state index in [1.54, 1.807) is 0 Å². The summed E-state index contributed by atoms with van der Waals surface area (Å²) in [6, 6.07) is 7.09. The molecule has 0 bridgehead atoms. The zero-order valence-corrected chi connectivity index (χ0v) is 13.8. The van der Waals surface area contributed by atoms with Crippen LogP contribution in [0, 0.1) is 0 Å². The van der Waals surface area contributed by atoms with Crippen molar-refractivity contribution in [3.63, 3.8) is 0 Å². The van der Waals surface area contributed by atoms with Crippen molar-refractivity contribution < 1.29 is 0 Å². The molecule has 1 N–H and O–H groups in total. The summed E-state index contributed by atoms with van der Waals surface area (Å²) in [5.74, 6) is 0. The van der Waals surface area contributed by atoms with Crippen molar-refractivity contribution in [2.24, 2.45) is 0 Å². The van der Waals surface area contributed by atoms with Gasteiger partial charge >= 0.3 is 0 Å². The summed E-state index contributed by atoms with van der Waals surface area (Å²) in [7, 11) is 4.45. The van der Waals surface area contributed by atoms with Gasteiger partial charge in [0.15, 0.2) is 0 Å². The summed E-state index contributed by atoms with van der Waals surface area (Å²) in [6.07, 6.45) is 3.70. The minimum Gasteiger partial charge on any atom is -0.311 e. The molecule has 1 fully saturated rings. The van der Waals surface area contributed by atoms with E-state index in [2.05, 4.69) is 54.3 Å². The third kappa shape index (κ3) is 5.38. The molecular formula is C17H30N4. The minimum atomic E-state index is 0.699. The molecule has 0 spiro atoms. The third-order valence-electron chi connectivity index (χ3n) is 4.32. The van der Waals surface area contributed by atoms with Gasteiger partial charge in [-0.1, -0.05) is 13.0 Å². The van der Waals surface area contributed by atoms with Gasteiger partial charge in [-0.2, -0.15) is 0 Å². The van der Waals surface area contributed by atoms with Crippen LogP contribution in [-0.4, -0.2) is 54.6 Å². The van der Waals surface area contributed by atoms with Crippen molar-refractivity contribution in [3.8, 4) is 0 Å². The molecule has 1 aromatic heterocycles. The first-order chi connectivity index (χ1) is 10.2. The van der Waals surface area contributed by atoms with E-state index in [1.807, 2.05) is 0 Å². The highest BCUT2D eigenvalue weighted by molar-refractivity contribution is 5.11. The van der Waals surface area contributed by atoms with Gasteiger partial charge < -0.3 is 10.2 Å². The largest absolute Gasteiger partial charge is 0.311 e. The van der Waals surface area contributed by atoms with Crippen molar-refractivity contribution in [3.05, 3.63) is 29.6 Å². The average Bonchev–Trinajstić information content (AvgIpc) is 2.48. The molecule has 0 radical (unpaired) electrons. The van der Waals surface area contributed by atoms with Gasteiger partial charge in [0.05, 0.1) is 11.4 Å². The molecule has 1 aliphatic heterocycles. The van der Waals surface area contributed by atoms with E-state index in [-0.39, 0.29) is 0 Å². The first-order valence-corrected chi connectivity index (χ1v) is 8.23. The van der Waals surface area contributed by atoms with Crippen molar-refractivity contribution in [1.29, 1.82) is 0 Å². The van der Waals surface area contributed by atoms with E-state index in [0.717, 1.165) is 25.3 Å². The molecule has 0 amide bonds. The van der Waals surface area contributed by atoms with Crippen LogP contribution < -0.4 is 5.32 Å². The molecule has 4 heteroatoms. The Labute approximate surface area is 129 Å². The average molecular weight is 290 g/mol. The summed E-state index contributed by atoms with van der Waals surface area (Å²) in [5, 5.41) is 3.42. The van der Waals surface area contributed by atoms with E-state index in [1.165, 1.54) is 38.0 Å². The fourth-order valence-electron chi connectivity index (χ4n) is 2.93. The van der Waals surface area contributed by atoms with Crippen LogP contribution in [0.15, 0.2) is 18.2 Å². The highest BCUT2D eigenvalue weighted by Gasteiger charge is 2.20. The van der Waals surface area contributed by atoms with Crippen LogP contribution in [0.5, 0.6) is 0 Å². The van der Waals surface area contributed by atoms with Crippen LogP contribution in [0.3, 0.4) is 0 Å². The molecule has 2 rings (SSSR count). The second-order valence-electron chi connectivity index (χ2n) is 6.25. The third-order valence-corrected chi connectivity index (χ3v) is 4.32. The number of rotatable bonds is 7. The van der Waals surface area contributed by atoms with Crippen molar-refractivity contribution in [2.45, 2.75) is 45.3 Å². The molecular weight excluding hydrogens is 260 g/mol. The minimum absolute atomic E-state index is 0.699. The normalized spacial score (nSPS) is 17.5. The molecule has 0 saturated carbocycles. The lowest BCUT2D eigenvalue weighted by molar-refractivity contribution is 0.138. The Morgan fingerprint density at radius 2 is 2.00 bits per heavy atom. The topological polar surface area (TPSA) is 31.4 Å². The van der Waals surface area contributed by atoms with Gasteiger partial charge in [0, 0.05) is 19.1 Å². The molecule has 1 aromatic rings. The van der Waals surface area contributed by atoms with Gasteiger partial charge in [0.2, 0.25) is 0 Å². The molecule has 1 aliphatic rings. The zero-order chi connectivity index (χ0) is 15.1. The first-order valence-electron chi connectivity index (χ1n) is 8.23. The zero-order valence-electron chi connectivity index (χ0n) is 13.8. The maximum absolute atomic E-state index is 4.78. The van der Waals surface area contributed by atoms with Gasteiger partial charge in [-0.15, -0.1) is 0 Å². The highest BCUT2D eigenvalue weighted by Crippen LogP contribution is 2.16. The molecule has 4 nitrogen and oxygen atoms in total. The maximum Gasteiger partial charge on any atom is 0.0547 e. The van der Waals surface area contributed by atoms with Crippen LogP contribution in [0.2, 0.25) is 0 Å². The summed E-state index contributed by atoms with van der Waals surface area (Å²) < 4.78 is 0. The van der Waals surface area contributed by atoms with Crippen LogP contribution in [0.25, 0.3) is 0 Å². The Morgan fingerprint density at radius 3 is 2.71 bits per heavy atom. The predicted octanol–water partition coefficient (Wildman–Crippen LogP) is 2.11. The van der Waals surface area contributed by atoms with E-state index in [9.17, 15) is 0 Å². The Bertz CT molecular complexity index is 413. The molecule has 118 valence electrons. The smallest absolute Gasteiger partial charge is 0.0547 e. The SMILES string of the molecule is CCCNCc1cccc(CN(C)C2CCN(C)CC2)n1. The Hall–Kier alpha value is -0.970. The van der Waals surface area contributed by atoms with Crippen LogP contribution in [-0.2, 0) is 13.1 Å². The molecule has 1 saturated heterocycles. The molecule has 0 aliphatic carbocycles. The van der Waals surface area contributed by atoms with Gasteiger partial charge in [0.1, 0.15) is 0 Å². The predicted molar refractivity (Wildman–Crippen MR) is 88.2 cm³/mol. The fraction of sp³-hybridized carbons (Fsp3) is 0.706. The summed E-state index contributed by atoms with van der Waals surface area (Å²) in [5.41, 5.74) is 2.34. The van der Waals surface area contributed by atoms with Crippen LogP contribution in [0.4, 0.5) is 0 Å². The summed E-state index contributed by atoms with van der Waals surface area (Å²) in [4.78, 5) is 9.67. The van der Waals surface area contributed by atoms with Crippen molar-refractivity contribution in [2.75, 3.05) is 33.7 Å². The lowest BCUT2D eigenvalue weighted by Gasteiger charge is -2.35. The standard InChI is InChI=1S/C17H30N4/c1-4-10-18-13-15-6-5-7-16(19-15)14-21(3)17-8-11-20(2)12-9-17/h5-7,17-18H,4,8-14H2,1-3H3. The van der Waals surface area contributed by atoms with Gasteiger partial charge in [-0.05, 0) is 65.1 Å². The van der Waals surface area contributed by atoms with Gasteiger partial charge in [-0.3, -0.25) is 9.88 Å². The Kier molecular flexibility index (Phi) is 6.61. The number of aromatic nitrogens is 1. The number of likely N-dealkylation sites (tertiary alicyclic amines) is 1. The van der Waals surface area contributed by atoms with Gasteiger partial charge in [-0.25, -0.2) is 0 Å². The van der Waals surface area contributed by atoms with E-state index >= 15 is 0 Å². The number of hydrogen-bond acceptors (Lipinski definition) is 4. The van der Waals surface area contributed by atoms with E-state index < -0.39 is 0 Å².